The normalized spacial score (nSPS) is 19.2. The van der Waals surface area contributed by atoms with E-state index in [1.54, 1.807) is 0 Å². The molecule has 6 aromatic carbocycles. The number of carboxylic acid groups (broad SMARTS) is 1. The van der Waals surface area contributed by atoms with E-state index in [1.807, 2.05) is 44.2 Å². The lowest BCUT2D eigenvalue weighted by molar-refractivity contribution is -0.142. The Hall–Kier alpha value is -6.40. The molecule has 268 valence electrons. The summed E-state index contributed by atoms with van der Waals surface area (Å²) in [6.45, 7) is 4.31. The minimum Gasteiger partial charge on any atom is -0.481 e. The van der Waals surface area contributed by atoms with Gasteiger partial charge in [-0.05, 0) is 94.3 Å². The fourth-order valence-electron chi connectivity index (χ4n) is 10.2. The maximum Gasteiger partial charge on any atom is 0.306 e. The molecular weight excluding hydrogens is 681 g/mol. The van der Waals surface area contributed by atoms with Crippen LogP contribution in [0.4, 0.5) is 0 Å². The molecule has 2 aliphatic carbocycles. The third-order valence-electron chi connectivity index (χ3n) is 12.4. The second kappa shape index (κ2) is 12.3. The summed E-state index contributed by atoms with van der Waals surface area (Å²) in [5, 5.41) is 17.1. The van der Waals surface area contributed by atoms with E-state index in [9.17, 15) is 14.7 Å². The third kappa shape index (κ3) is 4.87. The number of fused-ring (bicyclic) bond motifs is 12. The summed E-state index contributed by atoms with van der Waals surface area (Å²) in [6.07, 6.45) is 0.841. The molecule has 2 aliphatic rings. The maximum atomic E-state index is 13.1. The van der Waals surface area contributed by atoms with Crippen molar-refractivity contribution in [2.75, 3.05) is 0 Å². The van der Waals surface area contributed by atoms with Gasteiger partial charge in [0.05, 0.1) is 34.4 Å². The number of rotatable bonds is 9. The highest BCUT2D eigenvalue weighted by Crippen LogP contribution is 2.64. The number of pyridine rings is 2. The van der Waals surface area contributed by atoms with Crippen LogP contribution in [0.3, 0.4) is 0 Å². The van der Waals surface area contributed by atoms with Crippen LogP contribution in [0, 0.1) is 5.92 Å². The highest BCUT2D eigenvalue weighted by atomic mass is 16.5. The van der Waals surface area contributed by atoms with E-state index in [0.29, 0.717) is 25.7 Å². The predicted molar refractivity (Wildman–Crippen MR) is 218 cm³/mol. The smallest absolute Gasteiger partial charge is 0.306 e. The number of carboxylic acids is 1. The van der Waals surface area contributed by atoms with Crippen molar-refractivity contribution < 1.29 is 19.4 Å². The molecule has 4 unspecified atom stereocenters. The molecule has 0 aliphatic heterocycles. The molecule has 2 aromatic heterocycles. The largest absolute Gasteiger partial charge is 0.481 e. The Kier molecular flexibility index (Phi) is 7.43. The van der Waals surface area contributed by atoms with E-state index >= 15 is 0 Å². The van der Waals surface area contributed by atoms with E-state index in [1.165, 1.54) is 0 Å². The van der Waals surface area contributed by atoms with Gasteiger partial charge in [0.2, 0.25) is 0 Å². The topological polar surface area (TPSA) is 89.4 Å². The van der Waals surface area contributed by atoms with E-state index in [4.69, 9.17) is 14.7 Å². The molecule has 0 saturated carbocycles. The number of hydrogen-bond donors (Lipinski definition) is 1. The SMILES string of the molecule is CC(CC1(CC2(CC(C)C(=O)O)c3cc4ccccc4nc3-c3c2ccc2ccccc32)c2cc3ccccc3nc2-c2c1ccc1ccccc21)OC=O. The van der Waals surface area contributed by atoms with E-state index in [-0.39, 0.29) is 0 Å². The molecule has 8 aromatic rings. The first kappa shape index (κ1) is 33.2. The number of nitrogens with zero attached hydrogens (tertiary/aromatic N) is 2. The van der Waals surface area contributed by atoms with Gasteiger partial charge < -0.3 is 9.84 Å². The Morgan fingerprint density at radius 1 is 0.618 bits per heavy atom. The predicted octanol–water partition coefficient (Wildman–Crippen LogP) is 10.8. The lowest BCUT2D eigenvalue weighted by Crippen LogP contribution is -2.41. The van der Waals surface area contributed by atoms with E-state index in [0.717, 1.165) is 88.1 Å². The van der Waals surface area contributed by atoms with Gasteiger partial charge in [0.25, 0.3) is 6.47 Å². The van der Waals surface area contributed by atoms with Crippen LogP contribution in [0.5, 0.6) is 0 Å². The van der Waals surface area contributed by atoms with Gasteiger partial charge in [-0.15, -0.1) is 0 Å². The first-order valence-electron chi connectivity index (χ1n) is 19.0. The summed E-state index contributed by atoms with van der Waals surface area (Å²) in [5.41, 5.74) is 8.42. The lowest BCUT2D eigenvalue weighted by Gasteiger charge is -2.44. The van der Waals surface area contributed by atoms with Crippen LogP contribution in [-0.2, 0) is 25.2 Å². The average Bonchev–Trinajstić information content (AvgIpc) is 3.61. The first-order chi connectivity index (χ1) is 26.8. The van der Waals surface area contributed by atoms with Crippen molar-refractivity contribution in [2.24, 2.45) is 5.92 Å². The zero-order chi connectivity index (χ0) is 37.5. The molecule has 55 heavy (non-hydrogen) atoms. The van der Waals surface area contributed by atoms with Crippen LogP contribution in [0.25, 0.3) is 65.9 Å². The summed E-state index contributed by atoms with van der Waals surface area (Å²) in [4.78, 5) is 36.0. The van der Waals surface area contributed by atoms with Gasteiger partial charge in [-0.25, -0.2) is 9.97 Å². The minimum absolute atomic E-state index is 0.338. The van der Waals surface area contributed by atoms with Gasteiger partial charge in [-0.1, -0.05) is 116 Å². The summed E-state index contributed by atoms with van der Waals surface area (Å²) in [6, 6.07) is 46.6. The number of ether oxygens (including phenoxy) is 1. The molecular formula is C49H38N2O4. The summed E-state index contributed by atoms with van der Waals surface area (Å²) >= 11 is 0. The van der Waals surface area contributed by atoms with E-state index in [2.05, 4.69) is 103 Å². The highest BCUT2D eigenvalue weighted by molar-refractivity contribution is 6.05. The second-order valence-corrected chi connectivity index (χ2v) is 15.6. The van der Waals surface area contributed by atoms with Gasteiger partial charge in [0.1, 0.15) is 0 Å². The van der Waals surface area contributed by atoms with Gasteiger partial charge in [-0.2, -0.15) is 0 Å². The number of carbonyl (C=O) groups excluding carboxylic acids is 1. The number of carbonyl (C=O) groups is 2. The Morgan fingerprint density at radius 3 is 1.56 bits per heavy atom. The molecule has 0 radical (unpaired) electrons. The zero-order valence-corrected chi connectivity index (χ0v) is 30.6. The first-order valence-corrected chi connectivity index (χ1v) is 19.0. The Bertz CT molecular complexity index is 2900. The third-order valence-corrected chi connectivity index (χ3v) is 12.4. The Morgan fingerprint density at radius 2 is 1.07 bits per heavy atom. The molecule has 6 heteroatoms. The fraction of sp³-hybridized carbons (Fsp3) is 0.184. The summed E-state index contributed by atoms with van der Waals surface area (Å²) in [7, 11) is 0. The zero-order valence-electron chi connectivity index (χ0n) is 30.6. The summed E-state index contributed by atoms with van der Waals surface area (Å²) < 4.78 is 5.80. The number of aliphatic carboxylic acids is 1. The molecule has 0 spiro atoms. The van der Waals surface area contributed by atoms with Crippen molar-refractivity contribution >= 4 is 55.8 Å². The van der Waals surface area contributed by atoms with Crippen LogP contribution in [0.1, 0.15) is 55.4 Å². The maximum absolute atomic E-state index is 13.1. The van der Waals surface area contributed by atoms with Crippen LogP contribution >= 0.6 is 0 Å². The van der Waals surface area contributed by atoms with Gasteiger partial charge in [0, 0.05) is 32.7 Å². The quantitative estimate of drug-likeness (QED) is 0.149. The van der Waals surface area contributed by atoms with Crippen LogP contribution < -0.4 is 0 Å². The van der Waals surface area contributed by atoms with Crippen molar-refractivity contribution in [1.29, 1.82) is 0 Å². The van der Waals surface area contributed by atoms with Crippen molar-refractivity contribution in [3.8, 4) is 22.5 Å². The molecule has 0 fully saturated rings. The highest BCUT2D eigenvalue weighted by Gasteiger charge is 2.56. The average molecular weight is 719 g/mol. The van der Waals surface area contributed by atoms with Crippen LogP contribution in [-0.4, -0.2) is 33.6 Å². The van der Waals surface area contributed by atoms with Crippen molar-refractivity contribution in [1.82, 2.24) is 9.97 Å². The standard InChI is InChI=1S/C49H38N2O4/c1-29(47(53)54)25-48(37-21-19-31-11-3-7-15-35(31)43(37)45-39(48)23-33-13-5-9-17-41(33)50-45)27-49(26-30(2)55-28-52)38-22-20-32-12-4-8-16-36(32)44(38)46-40(49)24-34-14-6-10-18-42(34)51-46/h3-24,28-30H,25-27H2,1-2H3,(H,53,54). The number of para-hydroxylation sites is 2. The fourth-order valence-corrected chi connectivity index (χ4v) is 10.2. The molecule has 0 bridgehead atoms. The van der Waals surface area contributed by atoms with Gasteiger partial charge >= 0.3 is 5.97 Å². The number of hydrogen-bond acceptors (Lipinski definition) is 5. The molecule has 0 saturated heterocycles. The van der Waals surface area contributed by atoms with Crippen molar-refractivity contribution in [3.05, 3.63) is 156 Å². The molecule has 2 heterocycles. The lowest BCUT2D eigenvalue weighted by atomic mass is 9.58. The molecule has 4 atom stereocenters. The Labute approximate surface area is 318 Å². The molecule has 0 amide bonds. The van der Waals surface area contributed by atoms with Crippen LogP contribution in [0.2, 0.25) is 0 Å². The second-order valence-electron chi connectivity index (χ2n) is 15.6. The Balaban J connectivity index is 1.36. The van der Waals surface area contributed by atoms with Crippen molar-refractivity contribution in [3.63, 3.8) is 0 Å². The molecule has 10 rings (SSSR count). The summed E-state index contributed by atoms with van der Waals surface area (Å²) in [5.74, 6) is -1.54. The van der Waals surface area contributed by atoms with E-state index < -0.39 is 28.8 Å². The van der Waals surface area contributed by atoms with Crippen molar-refractivity contribution in [2.45, 2.75) is 50.0 Å². The minimum atomic E-state index is -0.846. The molecule has 1 N–H and O–H groups in total. The number of benzene rings is 6. The molecule has 6 nitrogen and oxygen atoms in total. The number of aromatic nitrogens is 2. The monoisotopic (exact) mass is 718 g/mol. The van der Waals surface area contributed by atoms with Gasteiger partial charge in [0.15, 0.2) is 0 Å². The van der Waals surface area contributed by atoms with Gasteiger partial charge in [-0.3, -0.25) is 9.59 Å². The van der Waals surface area contributed by atoms with Crippen LogP contribution in [0.15, 0.2) is 133 Å².